The normalized spacial score (nSPS) is 18.3. The van der Waals surface area contributed by atoms with Gasteiger partial charge in [0.15, 0.2) is 5.69 Å². The number of hydrogen-bond donors (Lipinski definition) is 3. The lowest BCUT2D eigenvalue weighted by molar-refractivity contribution is 0.0949. The van der Waals surface area contributed by atoms with Gasteiger partial charge in [0, 0.05) is 24.9 Å². The Morgan fingerprint density at radius 1 is 1.55 bits per heavy atom. The van der Waals surface area contributed by atoms with Crippen LogP contribution >= 0.6 is 0 Å². The number of imidazole rings is 1. The van der Waals surface area contributed by atoms with Gasteiger partial charge in [-0.25, -0.2) is 9.97 Å². The largest absolute Gasteiger partial charge is 0.446 e. The highest BCUT2D eigenvalue weighted by atomic mass is 16.3. The van der Waals surface area contributed by atoms with Gasteiger partial charge in [-0.15, -0.1) is 0 Å². The lowest BCUT2D eigenvalue weighted by Gasteiger charge is -2.03. The number of oxazole rings is 1. The zero-order valence-electron chi connectivity index (χ0n) is 11.1. The minimum Gasteiger partial charge on any atom is -0.446 e. The van der Waals surface area contributed by atoms with Crippen molar-refractivity contribution in [3.63, 3.8) is 0 Å². The fraction of sp³-hybridized carbons (Fsp3) is 0.462. The maximum absolute atomic E-state index is 11.9. The number of nitrogens with one attached hydrogen (secondary N) is 3. The second-order valence-electron chi connectivity index (χ2n) is 4.80. The second kappa shape index (κ2) is 5.87. The summed E-state index contributed by atoms with van der Waals surface area (Å²) < 4.78 is 5.37. The summed E-state index contributed by atoms with van der Waals surface area (Å²) in [6, 6.07) is 0.140. The van der Waals surface area contributed by atoms with Gasteiger partial charge in [0.25, 0.3) is 5.91 Å². The van der Waals surface area contributed by atoms with Crippen molar-refractivity contribution in [3.8, 4) is 0 Å². The Bertz CT molecular complexity index is 557. The lowest BCUT2D eigenvalue weighted by Crippen LogP contribution is -2.26. The Kier molecular flexibility index (Phi) is 3.78. The zero-order valence-corrected chi connectivity index (χ0v) is 11.1. The number of aromatic nitrogens is 3. The first-order chi connectivity index (χ1) is 9.83. The molecule has 1 unspecified atom stereocenters. The summed E-state index contributed by atoms with van der Waals surface area (Å²) in [6.45, 7) is 1.50. The molecule has 2 aromatic heterocycles. The van der Waals surface area contributed by atoms with E-state index in [-0.39, 0.29) is 11.9 Å². The first kappa shape index (κ1) is 12.9. The smallest absolute Gasteiger partial charge is 0.273 e. The van der Waals surface area contributed by atoms with E-state index in [2.05, 4.69) is 25.6 Å². The average Bonchev–Trinajstić information content (AvgIpc) is 3.20. The van der Waals surface area contributed by atoms with E-state index in [9.17, 15) is 4.79 Å². The number of hydrogen-bond acceptors (Lipinski definition) is 5. The van der Waals surface area contributed by atoms with Gasteiger partial charge in [-0.1, -0.05) is 0 Å². The predicted octanol–water partition coefficient (Wildman–Crippen LogP) is 0.795. The van der Waals surface area contributed by atoms with E-state index in [0.717, 1.165) is 25.1 Å². The molecule has 0 aromatic carbocycles. The van der Waals surface area contributed by atoms with E-state index < -0.39 is 0 Å². The fourth-order valence-electron chi connectivity index (χ4n) is 2.27. The predicted molar refractivity (Wildman–Crippen MR) is 71.1 cm³/mol. The van der Waals surface area contributed by atoms with E-state index in [4.69, 9.17) is 4.42 Å². The van der Waals surface area contributed by atoms with Crippen molar-refractivity contribution in [2.45, 2.75) is 25.3 Å². The van der Waals surface area contributed by atoms with Gasteiger partial charge in [-0.05, 0) is 19.4 Å². The first-order valence-electron chi connectivity index (χ1n) is 6.77. The standard InChI is InChI=1S/C13H17N5O2/c19-12(16-5-3-9-6-14-8-17-9)11-7-20-13(18-11)10-2-1-4-15-10/h6-8,10,15H,1-5H2,(H,14,17)(H,16,19). The molecule has 1 aliphatic rings. The van der Waals surface area contributed by atoms with Crippen LogP contribution in [-0.4, -0.2) is 33.9 Å². The Labute approximate surface area is 116 Å². The van der Waals surface area contributed by atoms with Crippen molar-refractivity contribution < 1.29 is 9.21 Å². The van der Waals surface area contributed by atoms with Crippen LogP contribution in [0.15, 0.2) is 23.2 Å². The maximum atomic E-state index is 11.9. The number of carbonyl (C=O) groups is 1. The molecule has 3 rings (SSSR count). The van der Waals surface area contributed by atoms with E-state index >= 15 is 0 Å². The quantitative estimate of drug-likeness (QED) is 0.750. The summed E-state index contributed by atoms with van der Waals surface area (Å²) in [5, 5.41) is 6.10. The molecule has 106 valence electrons. The van der Waals surface area contributed by atoms with E-state index in [1.165, 1.54) is 6.26 Å². The van der Waals surface area contributed by atoms with E-state index in [0.29, 0.717) is 24.6 Å². The van der Waals surface area contributed by atoms with Gasteiger partial charge in [0.05, 0.1) is 12.4 Å². The third kappa shape index (κ3) is 2.88. The molecule has 7 heteroatoms. The zero-order chi connectivity index (χ0) is 13.8. The Morgan fingerprint density at radius 2 is 2.50 bits per heavy atom. The summed E-state index contributed by atoms with van der Waals surface area (Å²) in [7, 11) is 0. The van der Waals surface area contributed by atoms with Gasteiger partial charge < -0.3 is 20.0 Å². The molecule has 0 bridgehead atoms. The van der Waals surface area contributed by atoms with Crippen LogP contribution < -0.4 is 10.6 Å². The number of nitrogens with zero attached hydrogens (tertiary/aromatic N) is 2. The average molecular weight is 275 g/mol. The molecule has 3 N–H and O–H groups in total. The van der Waals surface area contributed by atoms with Gasteiger partial charge in [-0.2, -0.15) is 0 Å². The van der Waals surface area contributed by atoms with Crippen LogP contribution in [0.4, 0.5) is 0 Å². The van der Waals surface area contributed by atoms with Crippen molar-refractivity contribution in [2.24, 2.45) is 0 Å². The number of aromatic amines is 1. The molecule has 1 atom stereocenters. The Morgan fingerprint density at radius 3 is 3.25 bits per heavy atom. The van der Waals surface area contributed by atoms with Crippen LogP contribution in [0.25, 0.3) is 0 Å². The number of rotatable bonds is 5. The van der Waals surface area contributed by atoms with Crippen molar-refractivity contribution in [1.29, 1.82) is 0 Å². The summed E-state index contributed by atoms with van der Waals surface area (Å²) >= 11 is 0. The second-order valence-corrected chi connectivity index (χ2v) is 4.80. The molecule has 0 spiro atoms. The maximum Gasteiger partial charge on any atom is 0.273 e. The summed E-state index contributed by atoms with van der Waals surface area (Å²) in [5.41, 5.74) is 1.32. The molecular weight excluding hydrogens is 258 g/mol. The summed E-state index contributed by atoms with van der Waals surface area (Å²) in [4.78, 5) is 23.1. The molecule has 0 saturated carbocycles. The van der Waals surface area contributed by atoms with Crippen LogP contribution in [0.2, 0.25) is 0 Å². The molecule has 0 radical (unpaired) electrons. The highest BCUT2D eigenvalue weighted by molar-refractivity contribution is 5.91. The molecule has 1 amide bonds. The van der Waals surface area contributed by atoms with Crippen LogP contribution in [0, 0.1) is 0 Å². The van der Waals surface area contributed by atoms with Crippen molar-refractivity contribution in [3.05, 3.63) is 36.1 Å². The van der Waals surface area contributed by atoms with Crippen molar-refractivity contribution in [2.75, 3.05) is 13.1 Å². The minimum absolute atomic E-state index is 0.140. The fourth-order valence-corrected chi connectivity index (χ4v) is 2.27. The van der Waals surface area contributed by atoms with Crippen molar-refractivity contribution >= 4 is 5.91 Å². The first-order valence-corrected chi connectivity index (χ1v) is 6.77. The number of carbonyl (C=O) groups excluding carboxylic acids is 1. The molecule has 20 heavy (non-hydrogen) atoms. The minimum atomic E-state index is -0.211. The Balaban J connectivity index is 1.51. The van der Waals surface area contributed by atoms with Crippen molar-refractivity contribution in [1.82, 2.24) is 25.6 Å². The van der Waals surface area contributed by atoms with Crippen LogP contribution in [0.3, 0.4) is 0 Å². The lowest BCUT2D eigenvalue weighted by atomic mass is 10.2. The van der Waals surface area contributed by atoms with Crippen LogP contribution in [0.1, 0.15) is 41.0 Å². The van der Waals surface area contributed by atoms with Crippen LogP contribution in [-0.2, 0) is 6.42 Å². The number of amides is 1. The molecule has 2 aromatic rings. The topological polar surface area (TPSA) is 95.8 Å². The van der Waals surface area contributed by atoms with E-state index in [1.54, 1.807) is 12.5 Å². The highest BCUT2D eigenvalue weighted by Gasteiger charge is 2.22. The molecule has 1 aliphatic heterocycles. The molecule has 1 saturated heterocycles. The molecule has 7 nitrogen and oxygen atoms in total. The number of H-pyrrole nitrogens is 1. The van der Waals surface area contributed by atoms with Gasteiger partial charge in [0.1, 0.15) is 6.26 Å². The van der Waals surface area contributed by atoms with E-state index in [1.807, 2.05) is 0 Å². The molecule has 0 aliphatic carbocycles. The van der Waals surface area contributed by atoms with Gasteiger partial charge in [-0.3, -0.25) is 4.79 Å². The summed E-state index contributed by atoms with van der Waals surface area (Å²) in [6.07, 6.45) is 7.60. The monoisotopic (exact) mass is 275 g/mol. The SMILES string of the molecule is O=C(NCCc1cnc[nH]1)c1coc(C2CCCN2)n1. The molecule has 1 fully saturated rings. The van der Waals surface area contributed by atoms with Crippen LogP contribution in [0.5, 0.6) is 0 Å². The van der Waals surface area contributed by atoms with Gasteiger partial charge >= 0.3 is 0 Å². The van der Waals surface area contributed by atoms with Gasteiger partial charge in [0.2, 0.25) is 5.89 Å². The third-order valence-electron chi connectivity index (χ3n) is 3.35. The highest BCUT2D eigenvalue weighted by Crippen LogP contribution is 2.21. The third-order valence-corrected chi connectivity index (χ3v) is 3.35. The molecular formula is C13H17N5O2. The molecule has 3 heterocycles. The Hall–Kier alpha value is -2.15. The summed E-state index contributed by atoms with van der Waals surface area (Å²) in [5.74, 6) is 0.388.